The van der Waals surface area contributed by atoms with Gasteiger partial charge in [0, 0.05) is 18.5 Å². The van der Waals surface area contributed by atoms with Gasteiger partial charge in [-0.15, -0.1) is 0 Å². The molecule has 1 unspecified atom stereocenters. The van der Waals surface area contributed by atoms with Gasteiger partial charge < -0.3 is 14.4 Å². The number of ether oxygens (including phenoxy) is 2. The number of hydrogen-bond acceptors (Lipinski definition) is 6. The van der Waals surface area contributed by atoms with Gasteiger partial charge in [0.05, 0.1) is 17.7 Å². The summed E-state index contributed by atoms with van der Waals surface area (Å²) >= 11 is 0. The van der Waals surface area contributed by atoms with Crippen molar-refractivity contribution in [1.29, 1.82) is 0 Å². The van der Waals surface area contributed by atoms with Crippen LogP contribution >= 0.6 is 0 Å². The highest BCUT2D eigenvalue weighted by Crippen LogP contribution is 2.39. The molecule has 0 aliphatic carbocycles. The SMILES string of the molecule is CC(C)N1CC(C(c2ccccc2)c2ccccc2)n2ncc(=O)c(OCOC(=O)C(C)(C)C)c2C1=O. The van der Waals surface area contributed by atoms with E-state index < -0.39 is 23.6 Å². The zero-order valence-electron chi connectivity index (χ0n) is 21.9. The van der Waals surface area contributed by atoms with Gasteiger partial charge in [-0.1, -0.05) is 60.7 Å². The van der Waals surface area contributed by atoms with E-state index in [0.717, 1.165) is 17.3 Å². The normalized spacial score (nSPS) is 15.6. The number of carbonyl (C=O) groups is 2. The zero-order chi connectivity index (χ0) is 26.7. The molecule has 1 atom stereocenters. The molecule has 8 nitrogen and oxygen atoms in total. The lowest BCUT2D eigenvalue weighted by molar-refractivity contribution is -0.159. The number of benzene rings is 2. The molecule has 0 saturated carbocycles. The predicted octanol–water partition coefficient (Wildman–Crippen LogP) is 4.41. The Labute approximate surface area is 216 Å². The molecule has 0 spiro atoms. The fourth-order valence-electron chi connectivity index (χ4n) is 4.54. The smallest absolute Gasteiger partial charge is 0.314 e. The number of hydrogen-bond donors (Lipinski definition) is 0. The average Bonchev–Trinajstić information content (AvgIpc) is 2.87. The Morgan fingerprint density at radius 2 is 1.57 bits per heavy atom. The molecule has 194 valence electrons. The molecule has 0 N–H and O–H groups in total. The topological polar surface area (TPSA) is 90.7 Å². The molecule has 1 aliphatic heterocycles. The quantitative estimate of drug-likeness (QED) is 0.351. The summed E-state index contributed by atoms with van der Waals surface area (Å²) in [5, 5.41) is 4.43. The third-order valence-corrected chi connectivity index (χ3v) is 6.46. The molecule has 8 heteroatoms. The molecule has 1 aliphatic rings. The molecule has 37 heavy (non-hydrogen) atoms. The van der Waals surface area contributed by atoms with Gasteiger partial charge in [0.1, 0.15) is 0 Å². The van der Waals surface area contributed by atoms with Crippen molar-refractivity contribution in [3.63, 3.8) is 0 Å². The van der Waals surface area contributed by atoms with Crippen LogP contribution in [0.5, 0.6) is 5.75 Å². The highest BCUT2D eigenvalue weighted by atomic mass is 16.7. The van der Waals surface area contributed by atoms with Gasteiger partial charge in [0.2, 0.25) is 18.0 Å². The summed E-state index contributed by atoms with van der Waals surface area (Å²) in [7, 11) is 0. The number of rotatable bonds is 7. The molecule has 0 saturated heterocycles. The first-order valence-corrected chi connectivity index (χ1v) is 12.4. The Morgan fingerprint density at radius 1 is 1.00 bits per heavy atom. The maximum Gasteiger partial charge on any atom is 0.314 e. The van der Waals surface area contributed by atoms with Crippen LogP contribution in [0.2, 0.25) is 0 Å². The number of aromatic nitrogens is 2. The molecule has 3 aromatic rings. The summed E-state index contributed by atoms with van der Waals surface area (Å²) in [5.74, 6) is -1.15. The van der Waals surface area contributed by atoms with Crippen LogP contribution in [0.3, 0.4) is 0 Å². The van der Waals surface area contributed by atoms with Crippen LogP contribution in [-0.4, -0.2) is 45.9 Å². The summed E-state index contributed by atoms with van der Waals surface area (Å²) in [6.07, 6.45) is 1.16. The van der Waals surface area contributed by atoms with E-state index in [1.807, 2.05) is 50.2 Å². The van der Waals surface area contributed by atoms with Gasteiger partial charge in [0.25, 0.3) is 5.91 Å². The van der Waals surface area contributed by atoms with Gasteiger partial charge in [-0.3, -0.25) is 19.1 Å². The third kappa shape index (κ3) is 5.43. The minimum Gasteiger partial charge on any atom is -0.451 e. The van der Waals surface area contributed by atoms with Crippen LogP contribution in [0.4, 0.5) is 0 Å². The molecular weight excluding hydrogens is 470 g/mol. The van der Waals surface area contributed by atoms with Crippen LogP contribution < -0.4 is 10.2 Å². The van der Waals surface area contributed by atoms with E-state index in [2.05, 4.69) is 29.4 Å². The van der Waals surface area contributed by atoms with Gasteiger partial charge in [-0.2, -0.15) is 5.10 Å². The lowest BCUT2D eigenvalue weighted by atomic mass is 9.83. The number of carbonyl (C=O) groups excluding carboxylic acids is 2. The molecule has 0 bridgehead atoms. The van der Waals surface area contributed by atoms with Crippen LogP contribution in [0.15, 0.2) is 71.7 Å². The van der Waals surface area contributed by atoms with Crippen molar-refractivity contribution < 1.29 is 19.1 Å². The molecular formula is C29H33N3O5. The Morgan fingerprint density at radius 3 is 2.08 bits per heavy atom. The van der Waals surface area contributed by atoms with Crippen molar-refractivity contribution >= 4 is 11.9 Å². The van der Waals surface area contributed by atoms with Crippen molar-refractivity contribution in [3.05, 3.63) is 93.9 Å². The largest absolute Gasteiger partial charge is 0.451 e. The van der Waals surface area contributed by atoms with Crippen molar-refractivity contribution in [2.45, 2.75) is 52.6 Å². The van der Waals surface area contributed by atoms with E-state index in [4.69, 9.17) is 9.47 Å². The second-order valence-electron chi connectivity index (χ2n) is 10.5. The van der Waals surface area contributed by atoms with Gasteiger partial charge in [-0.25, -0.2) is 0 Å². The molecule has 4 rings (SSSR count). The van der Waals surface area contributed by atoms with Crippen molar-refractivity contribution in [1.82, 2.24) is 14.7 Å². The standard InChI is InChI=1S/C29H33N3O5/c1-19(2)31-17-22(24(20-12-8-6-9-13-20)21-14-10-7-11-15-21)32-25(27(31)34)26(23(33)16-30-32)36-18-37-28(35)29(3,4)5/h6-16,19,22,24H,17-18H2,1-5H3. The van der Waals surface area contributed by atoms with Crippen molar-refractivity contribution in [2.24, 2.45) is 5.41 Å². The summed E-state index contributed by atoms with van der Waals surface area (Å²) in [6, 6.07) is 19.6. The number of fused-ring (bicyclic) bond motifs is 1. The minimum absolute atomic E-state index is 0.0566. The van der Waals surface area contributed by atoms with Crippen LogP contribution in [-0.2, 0) is 9.53 Å². The van der Waals surface area contributed by atoms with Gasteiger partial charge >= 0.3 is 5.97 Å². The predicted molar refractivity (Wildman–Crippen MR) is 139 cm³/mol. The van der Waals surface area contributed by atoms with E-state index in [1.54, 1.807) is 30.4 Å². The van der Waals surface area contributed by atoms with E-state index in [-0.39, 0.29) is 35.4 Å². The highest BCUT2D eigenvalue weighted by Gasteiger charge is 2.41. The van der Waals surface area contributed by atoms with E-state index in [9.17, 15) is 14.4 Å². The summed E-state index contributed by atoms with van der Waals surface area (Å²) in [5.41, 5.74) is 0.895. The lowest BCUT2D eigenvalue weighted by Crippen LogP contribution is -2.50. The first-order valence-electron chi connectivity index (χ1n) is 12.4. The van der Waals surface area contributed by atoms with Crippen molar-refractivity contribution in [3.8, 4) is 5.75 Å². The minimum atomic E-state index is -0.732. The van der Waals surface area contributed by atoms with E-state index in [1.165, 1.54) is 0 Å². The first-order chi connectivity index (χ1) is 17.6. The van der Waals surface area contributed by atoms with Gasteiger partial charge in [-0.05, 0) is 45.7 Å². The zero-order valence-corrected chi connectivity index (χ0v) is 21.9. The summed E-state index contributed by atoms with van der Waals surface area (Å²) in [4.78, 5) is 40.5. The van der Waals surface area contributed by atoms with Crippen molar-refractivity contribution in [2.75, 3.05) is 13.3 Å². The summed E-state index contributed by atoms with van der Waals surface area (Å²) in [6.45, 7) is 8.95. The second-order valence-corrected chi connectivity index (χ2v) is 10.5. The van der Waals surface area contributed by atoms with E-state index in [0.29, 0.717) is 6.54 Å². The molecule has 0 fully saturated rings. The third-order valence-electron chi connectivity index (χ3n) is 6.46. The maximum absolute atomic E-state index is 13.7. The summed E-state index contributed by atoms with van der Waals surface area (Å²) < 4.78 is 12.5. The van der Waals surface area contributed by atoms with E-state index >= 15 is 0 Å². The Balaban J connectivity index is 1.83. The van der Waals surface area contributed by atoms with Crippen LogP contribution in [0.1, 0.15) is 68.2 Å². The monoisotopic (exact) mass is 503 g/mol. The number of nitrogens with zero attached hydrogens (tertiary/aromatic N) is 3. The molecule has 0 radical (unpaired) electrons. The molecule has 2 heterocycles. The van der Waals surface area contributed by atoms with Crippen LogP contribution in [0.25, 0.3) is 0 Å². The Kier molecular flexibility index (Phi) is 7.47. The fraction of sp³-hybridized carbons (Fsp3) is 0.379. The maximum atomic E-state index is 13.7. The number of amides is 1. The van der Waals surface area contributed by atoms with Gasteiger partial charge in [0.15, 0.2) is 5.69 Å². The molecule has 2 aromatic carbocycles. The number of esters is 1. The molecule has 1 amide bonds. The highest BCUT2D eigenvalue weighted by molar-refractivity contribution is 5.96. The molecule has 1 aromatic heterocycles. The van der Waals surface area contributed by atoms with Crippen LogP contribution in [0, 0.1) is 5.41 Å². The Bertz CT molecular complexity index is 1270. The lowest BCUT2D eigenvalue weighted by Gasteiger charge is -2.41. The second kappa shape index (κ2) is 10.6. The average molecular weight is 504 g/mol. The Hall–Kier alpha value is -3.94. The first kappa shape index (κ1) is 26.1. The fourth-order valence-corrected chi connectivity index (χ4v) is 4.54.